The smallest absolute Gasteiger partial charge is 0.251 e. The van der Waals surface area contributed by atoms with Crippen molar-refractivity contribution < 1.29 is 9.59 Å². The monoisotopic (exact) mass is 300 g/mol. The normalized spacial score (nSPS) is 14.5. The number of hydrogen-bond acceptors (Lipinski definition) is 2. The fraction of sp³-hybridized carbons (Fsp3) is 0.385. The van der Waals surface area contributed by atoms with Crippen LogP contribution in [0.1, 0.15) is 23.2 Å². The molecular formula is C13H14Cl2N2O2. The average Bonchev–Trinajstić information content (AvgIpc) is 2.92. The van der Waals surface area contributed by atoms with Gasteiger partial charge in [-0.1, -0.05) is 23.2 Å². The third-order valence-electron chi connectivity index (χ3n) is 3.04. The standard InChI is InChI=1S/C13H14Cl2N2O2/c14-10-4-3-9(7-11(10)15)13(19)16-8-12(18)17-5-1-2-6-17/h3-4,7H,1-2,5-6,8H2,(H,16,19). The molecule has 102 valence electrons. The molecule has 0 atom stereocenters. The van der Waals surface area contributed by atoms with Crippen LogP contribution in [0.5, 0.6) is 0 Å². The van der Waals surface area contributed by atoms with Crippen LogP contribution in [0.25, 0.3) is 0 Å². The SMILES string of the molecule is O=C(NCC(=O)N1CCCC1)c1ccc(Cl)c(Cl)c1. The van der Waals surface area contributed by atoms with E-state index in [0.717, 1.165) is 25.9 Å². The number of benzene rings is 1. The first kappa shape index (κ1) is 14.2. The first-order valence-electron chi connectivity index (χ1n) is 6.09. The first-order chi connectivity index (χ1) is 9.08. The minimum atomic E-state index is -0.328. The van der Waals surface area contributed by atoms with Crippen molar-refractivity contribution in [2.24, 2.45) is 0 Å². The van der Waals surface area contributed by atoms with Crippen molar-refractivity contribution in [1.29, 1.82) is 0 Å². The summed E-state index contributed by atoms with van der Waals surface area (Å²) in [5.74, 6) is -0.378. The molecule has 1 saturated heterocycles. The second kappa shape index (κ2) is 6.26. The van der Waals surface area contributed by atoms with Gasteiger partial charge in [-0.25, -0.2) is 0 Å². The molecule has 0 aromatic heterocycles. The molecule has 6 heteroatoms. The Labute approximate surface area is 121 Å². The van der Waals surface area contributed by atoms with E-state index in [2.05, 4.69) is 5.32 Å². The molecular weight excluding hydrogens is 287 g/mol. The predicted octanol–water partition coefficient (Wildman–Crippen LogP) is 2.35. The van der Waals surface area contributed by atoms with Gasteiger partial charge in [0.25, 0.3) is 5.91 Å². The van der Waals surface area contributed by atoms with E-state index in [4.69, 9.17) is 23.2 Å². The molecule has 1 aromatic rings. The summed E-state index contributed by atoms with van der Waals surface area (Å²) < 4.78 is 0. The highest BCUT2D eigenvalue weighted by molar-refractivity contribution is 6.42. The zero-order chi connectivity index (χ0) is 13.8. The highest BCUT2D eigenvalue weighted by Crippen LogP contribution is 2.22. The van der Waals surface area contributed by atoms with Crippen molar-refractivity contribution in [3.05, 3.63) is 33.8 Å². The summed E-state index contributed by atoms with van der Waals surface area (Å²) in [6.45, 7) is 1.57. The molecule has 19 heavy (non-hydrogen) atoms. The molecule has 1 aliphatic heterocycles. The van der Waals surface area contributed by atoms with Gasteiger partial charge in [-0.15, -0.1) is 0 Å². The van der Waals surface area contributed by atoms with E-state index in [1.807, 2.05) is 0 Å². The number of likely N-dealkylation sites (tertiary alicyclic amines) is 1. The van der Waals surface area contributed by atoms with Crippen LogP contribution in [-0.4, -0.2) is 36.3 Å². The molecule has 4 nitrogen and oxygen atoms in total. The van der Waals surface area contributed by atoms with E-state index >= 15 is 0 Å². The molecule has 1 fully saturated rings. The predicted molar refractivity (Wildman–Crippen MR) is 74.6 cm³/mol. The van der Waals surface area contributed by atoms with Crippen LogP contribution in [0, 0.1) is 0 Å². The van der Waals surface area contributed by atoms with E-state index in [9.17, 15) is 9.59 Å². The third kappa shape index (κ3) is 3.61. The van der Waals surface area contributed by atoms with Gasteiger partial charge in [-0.05, 0) is 31.0 Å². The summed E-state index contributed by atoms with van der Waals surface area (Å²) in [6.07, 6.45) is 2.07. The highest BCUT2D eigenvalue weighted by atomic mass is 35.5. The van der Waals surface area contributed by atoms with Crippen LogP contribution in [0.2, 0.25) is 10.0 Å². The molecule has 1 aliphatic rings. The lowest BCUT2D eigenvalue weighted by Gasteiger charge is -2.15. The van der Waals surface area contributed by atoms with Crippen LogP contribution >= 0.6 is 23.2 Å². The summed E-state index contributed by atoms with van der Waals surface area (Å²) in [4.78, 5) is 25.4. The largest absolute Gasteiger partial charge is 0.343 e. The minimum absolute atomic E-state index is 0.0130. The number of amides is 2. The van der Waals surface area contributed by atoms with Crippen molar-refractivity contribution in [3.8, 4) is 0 Å². The van der Waals surface area contributed by atoms with Crippen LogP contribution in [0.15, 0.2) is 18.2 Å². The Morgan fingerprint density at radius 3 is 2.47 bits per heavy atom. The zero-order valence-electron chi connectivity index (χ0n) is 10.3. The lowest BCUT2D eigenvalue weighted by molar-refractivity contribution is -0.129. The van der Waals surface area contributed by atoms with Crippen molar-refractivity contribution in [2.75, 3.05) is 19.6 Å². The topological polar surface area (TPSA) is 49.4 Å². The lowest BCUT2D eigenvalue weighted by Crippen LogP contribution is -2.38. The van der Waals surface area contributed by atoms with Crippen molar-refractivity contribution in [1.82, 2.24) is 10.2 Å². The zero-order valence-corrected chi connectivity index (χ0v) is 11.8. The van der Waals surface area contributed by atoms with Gasteiger partial charge in [0.05, 0.1) is 16.6 Å². The summed E-state index contributed by atoms with van der Waals surface area (Å²) in [5, 5.41) is 3.30. The Morgan fingerprint density at radius 2 is 1.84 bits per heavy atom. The van der Waals surface area contributed by atoms with Gasteiger partial charge in [0.1, 0.15) is 0 Å². The van der Waals surface area contributed by atoms with Crippen LogP contribution in [0.3, 0.4) is 0 Å². The van der Waals surface area contributed by atoms with Crippen molar-refractivity contribution in [3.63, 3.8) is 0 Å². The van der Waals surface area contributed by atoms with E-state index in [1.54, 1.807) is 17.0 Å². The van der Waals surface area contributed by atoms with Crippen LogP contribution in [-0.2, 0) is 4.79 Å². The van der Waals surface area contributed by atoms with E-state index in [0.29, 0.717) is 15.6 Å². The van der Waals surface area contributed by atoms with Gasteiger partial charge in [-0.2, -0.15) is 0 Å². The number of rotatable bonds is 3. The lowest BCUT2D eigenvalue weighted by atomic mass is 10.2. The second-order valence-corrected chi connectivity index (χ2v) is 5.21. The molecule has 0 saturated carbocycles. The first-order valence-corrected chi connectivity index (χ1v) is 6.84. The number of hydrogen-bond donors (Lipinski definition) is 1. The maximum atomic E-state index is 11.8. The van der Waals surface area contributed by atoms with Gasteiger partial charge in [0, 0.05) is 18.7 Å². The Hall–Kier alpha value is -1.26. The van der Waals surface area contributed by atoms with Gasteiger partial charge in [0.2, 0.25) is 5.91 Å². The summed E-state index contributed by atoms with van der Waals surface area (Å²) in [5.41, 5.74) is 0.392. The molecule has 0 radical (unpaired) electrons. The van der Waals surface area contributed by atoms with E-state index < -0.39 is 0 Å². The molecule has 0 spiro atoms. The number of nitrogens with one attached hydrogen (secondary N) is 1. The highest BCUT2D eigenvalue weighted by Gasteiger charge is 2.18. The van der Waals surface area contributed by atoms with Gasteiger partial charge >= 0.3 is 0 Å². The summed E-state index contributed by atoms with van der Waals surface area (Å²) in [6, 6.07) is 4.62. The Bertz CT molecular complexity index is 499. The van der Waals surface area contributed by atoms with Crippen LogP contribution in [0.4, 0.5) is 0 Å². The van der Waals surface area contributed by atoms with Gasteiger partial charge in [0.15, 0.2) is 0 Å². The Morgan fingerprint density at radius 1 is 1.16 bits per heavy atom. The minimum Gasteiger partial charge on any atom is -0.343 e. The third-order valence-corrected chi connectivity index (χ3v) is 3.78. The van der Waals surface area contributed by atoms with Gasteiger partial charge < -0.3 is 10.2 Å². The molecule has 2 rings (SSSR count). The van der Waals surface area contributed by atoms with Gasteiger partial charge in [-0.3, -0.25) is 9.59 Å². The number of nitrogens with zero attached hydrogens (tertiary/aromatic N) is 1. The molecule has 1 N–H and O–H groups in total. The van der Waals surface area contributed by atoms with Crippen LogP contribution < -0.4 is 5.32 Å². The molecule has 0 aliphatic carbocycles. The fourth-order valence-electron chi connectivity index (χ4n) is 1.97. The quantitative estimate of drug-likeness (QED) is 0.931. The second-order valence-electron chi connectivity index (χ2n) is 4.40. The molecule has 2 amide bonds. The van der Waals surface area contributed by atoms with E-state index in [-0.39, 0.29) is 18.4 Å². The maximum absolute atomic E-state index is 11.8. The van der Waals surface area contributed by atoms with E-state index in [1.165, 1.54) is 6.07 Å². The molecule has 0 unspecified atom stereocenters. The maximum Gasteiger partial charge on any atom is 0.251 e. The fourth-order valence-corrected chi connectivity index (χ4v) is 2.27. The number of carbonyl (C=O) groups excluding carboxylic acids is 2. The Balaban J connectivity index is 1.90. The molecule has 0 bridgehead atoms. The van der Waals surface area contributed by atoms with Crippen molar-refractivity contribution in [2.45, 2.75) is 12.8 Å². The van der Waals surface area contributed by atoms with Crippen molar-refractivity contribution >= 4 is 35.0 Å². The Kier molecular flexibility index (Phi) is 4.66. The number of carbonyl (C=O) groups is 2. The average molecular weight is 301 g/mol. The molecule has 1 aromatic carbocycles. The summed E-state index contributed by atoms with van der Waals surface area (Å²) in [7, 11) is 0. The summed E-state index contributed by atoms with van der Waals surface area (Å²) >= 11 is 11.6. The number of halogens is 2. The molecule has 1 heterocycles.